The van der Waals surface area contributed by atoms with E-state index in [0.717, 1.165) is 39.2 Å². The Labute approximate surface area is 123 Å². The second kappa shape index (κ2) is 8.40. The molecule has 1 N–H and O–H groups in total. The molecule has 0 spiro atoms. The Balaban J connectivity index is 1.87. The second-order valence-corrected chi connectivity index (χ2v) is 5.55. The van der Waals surface area contributed by atoms with E-state index in [0.29, 0.717) is 6.10 Å². The lowest BCUT2D eigenvalue weighted by molar-refractivity contribution is 0.0125. The van der Waals surface area contributed by atoms with E-state index in [4.69, 9.17) is 4.74 Å². The fourth-order valence-electron chi connectivity index (χ4n) is 2.93. The predicted octanol–water partition coefficient (Wildman–Crippen LogP) is 2.45. The zero-order valence-corrected chi connectivity index (χ0v) is 12.9. The Morgan fingerprint density at radius 1 is 1.20 bits per heavy atom. The van der Waals surface area contributed by atoms with E-state index in [1.807, 2.05) is 7.05 Å². The van der Waals surface area contributed by atoms with Crippen molar-refractivity contribution in [3.05, 3.63) is 35.4 Å². The molecule has 0 atom stereocenters. The molecule has 1 aliphatic rings. The Bertz CT molecular complexity index is 386. The molecule has 0 radical (unpaired) electrons. The monoisotopic (exact) mass is 276 g/mol. The van der Waals surface area contributed by atoms with Gasteiger partial charge in [0.15, 0.2) is 0 Å². The molecule has 0 amide bonds. The third-order valence-electron chi connectivity index (χ3n) is 4.09. The third-order valence-corrected chi connectivity index (χ3v) is 4.09. The van der Waals surface area contributed by atoms with Crippen molar-refractivity contribution in [1.29, 1.82) is 0 Å². The summed E-state index contributed by atoms with van der Waals surface area (Å²) < 4.78 is 5.72. The van der Waals surface area contributed by atoms with Gasteiger partial charge in [-0.15, -0.1) is 0 Å². The molecular weight excluding hydrogens is 248 g/mol. The van der Waals surface area contributed by atoms with Crippen LogP contribution in [0, 0.1) is 0 Å². The van der Waals surface area contributed by atoms with Gasteiger partial charge < -0.3 is 10.1 Å². The van der Waals surface area contributed by atoms with Gasteiger partial charge >= 0.3 is 0 Å². The lowest BCUT2D eigenvalue weighted by atomic mass is 10.0. The van der Waals surface area contributed by atoms with E-state index in [1.165, 1.54) is 24.0 Å². The highest BCUT2D eigenvalue weighted by atomic mass is 16.5. The molecule has 112 valence electrons. The number of ether oxygens (including phenoxy) is 1. The van der Waals surface area contributed by atoms with Crippen LogP contribution in [-0.2, 0) is 17.7 Å². The van der Waals surface area contributed by atoms with Crippen molar-refractivity contribution in [2.75, 3.05) is 33.3 Å². The van der Waals surface area contributed by atoms with E-state index in [1.54, 1.807) is 0 Å². The number of likely N-dealkylation sites (tertiary alicyclic amines) is 1. The van der Waals surface area contributed by atoms with Crippen molar-refractivity contribution in [3.8, 4) is 0 Å². The number of hydrogen-bond acceptors (Lipinski definition) is 3. The number of nitrogens with one attached hydrogen (secondary N) is 1. The van der Waals surface area contributed by atoms with Crippen LogP contribution in [-0.4, -0.2) is 44.3 Å². The largest absolute Gasteiger partial charge is 0.378 e. The summed E-state index contributed by atoms with van der Waals surface area (Å²) in [6.45, 7) is 7.38. The molecule has 1 aromatic rings. The smallest absolute Gasteiger partial charge is 0.0599 e. The number of hydrogen-bond donors (Lipinski definition) is 1. The summed E-state index contributed by atoms with van der Waals surface area (Å²) in [7, 11) is 2.01. The molecule has 0 aromatic heterocycles. The average Bonchev–Trinajstić information content (AvgIpc) is 2.49. The molecule has 20 heavy (non-hydrogen) atoms. The second-order valence-electron chi connectivity index (χ2n) is 5.55. The first-order valence-corrected chi connectivity index (χ1v) is 7.88. The Kier molecular flexibility index (Phi) is 6.51. The van der Waals surface area contributed by atoms with Crippen molar-refractivity contribution in [2.45, 2.75) is 38.8 Å². The van der Waals surface area contributed by atoms with E-state index in [2.05, 4.69) is 41.4 Å². The summed E-state index contributed by atoms with van der Waals surface area (Å²) in [5.41, 5.74) is 2.96. The molecule has 3 heteroatoms. The molecule has 1 aromatic carbocycles. The fraction of sp³-hybridized carbons (Fsp3) is 0.647. The molecular formula is C17H28N2O. The summed E-state index contributed by atoms with van der Waals surface area (Å²) in [6.07, 6.45) is 3.94. The van der Waals surface area contributed by atoms with E-state index < -0.39 is 0 Å². The number of piperidine rings is 1. The van der Waals surface area contributed by atoms with Crippen LogP contribution in [0.1, 0.15) is 30.9 Å². The van der Waals surface area contributed by atoms with E-state index in [9.17, 15) is 0 Å². The SMILES string of the molecule is CCOC1CCN(Cc2ccccc2CCNC)CC1. The maximum atomic E-state index is 5.72. The van der Waals surface area contributed by atoms with E-state index in [-0.39, 0.29) is 0 Å². The topological polar surface area (TPSA) is 24.5 Å². The van der Waals surface area contributed by atoms with Gasteiger partial charge in [0.25, 0.3) is 0 Å². The Morgan fingerprint density at radius 2 is 1.90 bits per heavy atom. The third kappa shape index (κ3) is 4.58. The molecule has 1 heterocycles. The summed E-state index contributed by atoms with van der Waals surface area (Å²) in [4.78, 5) is 2.56. The molecule has 0 aliphatic carbocycles. The minimum absolute atomic E-state index is 0.482. The summed E-state index contributed by atoms with van der Waals surface area (Å²) in [5, 5.41) is 3.24. The molecule has 2 rings (SSSR count). The summed E-state index contributed by atoms with van der Waals surface area (Å²) in [6, 6.07) is 8.85. The van der Waals surface area contributed by atoms with Gasteiger partial charge in [-0.2, -0.15) is 0 Å². The predicted molar refractivity (Wildman–Crippen MR) is 84.0 cm³/mol. The number of likely N-dealkylation sites (N-methyl/N-ethyl adjacent to an activating group) is 1. The van der Waals surface area contributed by atoms with Crippen LogP contribution in [0.15, 0.2) is 24.3 Å². The van der Waals surface area contributed by atoms with Crippen LogP contribution >= 0.6 is 0 Å². The van der Waals surface area contributed by atoms with Gasteiger partial charge in [-0.05, 0) is 50.9 Å². The lowest BCUT2D eigenvalue weighted by Crippen LogP contribution is -2.36. The van der Waals surface area contributed by atoms with Gasteiger partial charge in [0.2, 0.25) is 0 Å². The van der Waals surface area contributed by atoms with Crippen LogP contribution in [0.2, 0.25) is 0 Å². The minimum atomic E-state index is 0.482. The van der Waals surface area contributed by atoms with Crippen LogP contribution in [0.4, 0.5) is 0 Å². The normalized spacial score (nSPS) is 17.5. The van der Waals surface area contributed by atoms with Gasteiger partial charge in [-0.3, -0.25) is 4.90 Å². The van der Waals surface area contributed by atoms with Crippen LogP contribution in [0.5, 0.6) is 0 Å². The Hall–Kier alpha value is -0.900. The highest BCUT2D eigenvalue weighted by Gasteiger charge is 2.19. The van der Waals surface area contributed by atoms with Gasteiger partial charge in [-0.25, -0.2) is 0 Å². The first-order chi connectivity index (χ1) is 9.83. The Morgan fingerprint density at radius 3 is 2.55 bits per heavy atom. The zero-order valence-electron chi connectivity index (χ0n) is 12.9. The van der Waals surface area contributed by atoms with Crippen molar-refractivity contribution in [3.63, 3.8) is 0 Å². The summed E-state index contributed by atoms with van der Waals surface area (Å²) in [5.74, 6) is 0. The highest BCUT2D eigenvalue weighted by molar-refractivity contribution is 5.27. The average molecular weight is 276 g/mol. The van der Waals surface area contributed by atoms with Gasteiger partial charge in [0.1, 0.15) is 0 Å². The van der Waals surface area contributed by atoms with Gasteiger partial charge in [0.05, 0.1) is 6.10 Å². The first kappa shape index (κ1) is 15.5. The quantitative estimate of drug-likeness (QED) is 0.828. The van der Waals surface area contributed by atoms with Gasteiger partial charge in [0, 0.05) is 26.2 Å². The molecule has 0 saturated carbocycles. The van der Waals surface area contributed by atoms with Crippen molar-refractivity contribution >= 4 is 0 Å². The maximum Gasteiger partial charge on any atom is 0.0599 e. The number of rotatable bonds is 7. The first-order valence-electron chi connectivity index (χ1n) is 7.88. The zero-order chi connectivity index (χ0) is 14.2. The molecule has 0 bridgehead atoms. The summed E-state index contributed by atoms with van der Waals surface area (Å²) >= 11 is 0. The van der Waals surface area contributed by atoms with Crippen LogP contribution in [0.25, 0.3) is 0 Å². The minimum Gasteiger partial charge on any atom is -0.378 e. The molecule has 1 saturated heterocycles. The van der Waals surface area contributed by atoms with Gasteiger partial charge in [-0.1, -0.05) is 24.3 Å². The fourth-order valence-corrected chi connectivity index (χ4v) is 2.93. The van der Waals surface area contributed by atoms with Crippen molar-refractivity contribution in [1.82, 2.24) is 10.2 Å². The highest BCUT2D eigenvalue weighted by Crippen LogP contribution is 2.18. The van der Waals surface area contributed by atoms with E-state index >= 15 is 0 Å². The lowest BCUT2D eigenvalue weighted by Gasteiger charge is -2.32. The standard InChI is InChI=1S/C17H28N2O/c1-3-20-17-9-12-19(13-10-17)14-16-7-5-4-6-15(16)8-11-18-2/h4-7,17-18H,3,8-14H2,1-2H3. The molecule has 3 nitrogen and oxygen atoms in total. The van der Waals surface area contributed by atoms with Crippen LogP contribution in [0.3, 0.4) is 0 Å². The van der Waals surface area contributed by atoms with Crippen molar-refractivity contribution in [2.24, 2.45) is 0 Å². The molecule has 1 aliphatic heterocycles. The molecule has 1 fully saturated rings. The van der Waals surface area contributed by atoms with Crippen LogP contribution < -0.4 is 5.32 Å². The maximum absolute atomic E-state index is 5.72. The molecule has 0 unspecified atom stereocenters. The van der Waals surface area contributed by atoms with Crippen molar-refractivity contribution < 1.29 is 4.74 Å². The number of nitrogens with zero attached hydrogens (tertiary/aromatic N) is 1. The number of benzene rings is 1.